The maximum Gasteiger partial charge on any atom is 0.229 e. The summed E-state index contributed by atoms with van der Waals surface area (Å²) in [6, 6.07) is 12.6. The van der Waals surface area contributed by atoms with Gasteiger partial charge < -0.3 is 20.3 Å². The van der Waals surface area contributed by atoms with Gasteiger partial charge in [-0.1, -0.05) is 12.1 Å². The third-order valence-corrected chi connectivity index (χ3v) is 5.92. The van der Waals surface area contributed by atoms with Crippen molar-refractivity contribution in [2.45, 2.75) is 6.42 Å². The molecule has 0 unspecified atom stereocenters. The first-order chi connectivity index (χ1) is 17.6. The summed E-state index contributed by atoms with van der Waals surface area (Å²) in [6.07, 6.45) is 5.17. The fourth-order valence-electron chi connectivity index (χ4n) is 4.13. The molecule has 3 aromatic heterocycles. The van der Waals surface area contributed by atoms with Crippen LogP contribution in [0.2, 0.25) is 0 Å². The Balaban J connectivity index is 1.44. The van der Waals surface area contributed by atoms with E-state index in [0.717, 1.165) is 48.5 Å². The maximum absolute atomic E-state index is 12.6. The van der Waals surface area contributed by atoms with Gasteiger partial charge in [-0.25, -0.2) is 15.0 Å². The molecule has 1 aromatic carbocycles. The Morgan fingerprint density at radius 2 is 1.97 bits per heavy atom. The zero-order valence-electron chi connectivity index (χ0n) is 19.7. The van der Waals surface area contributed by atoms with Gasteiger partial charge in [-0.15, -0.1) is 0 Å². The molecule has 2 N–H and O–H groups in total. The first-order valence-corrected chi connectivity index (χ1v) is 11.6. The molecule has 1 amide bonds. The number of rotatable bonds is 6. The SMILES string of the molecule is COc1cncc2nc(-c3ccnc(NC(=O)Cc4ccc(C#N)cc4)c3)nc(N3CCNCC3)c12. The molecule has 0 atom stereocenters. The predicted molar refractivity (Wildman–Crippen MR) is 136 cm³/mol. The summed E-state index contributed by atoms with van der Waals surface area (Å²) in [5.41, 5.74) is 2.76. The predicted octanol–water partition coefficient (Wildman–Crippen LogP) is 2.56. The molecule has 10 nitrogen and oxygen atoms in total. The van der Waals surface area contributed by atoms with Crippen LogP contribution in [0.5, 0.6) is 5.75 Å². The molecule has 1 saturated heterocycles. The van der Waals surface area contributed by atoms with E-state index in [-0.39, 0.29) is 12.3 Å². The number of benzene rings is 1. The fourth-order valence-corrected chi connectivity index (χ4v) is 4.13. The lowest BCUT2D eigenvalue weighted by atomic mass is 10.1. The minimum absolute atomic E-state index is 0.169. The summed E-state index contributed by atoms with van der Waals surface area (Å²) >= 11 is 0. The zero-order chi connectivity index (χ0) is 24.9. The van der Waals surface area contributed by atoms with E-state index in [2.05, 4.69) is 31.6 Å². The van der Waals surface area contributed by atoms with Crippen LogP contribution in [0.15, 0.2) is 55.0 Å². The van der Waals surface area contributed by atoms with Crippen LogP contribution in [0.3, 0.4) is 0 Å². The highest BCUT2D eigenvalue weighted by molar-refractivity contribution is 5.96. The Morgan fingerprint density at radius 1 is 1.17 bits per heavy atom. The van der Waals surface area contributed by atoms with E-state index in [4.69, 9.17) is 20.0 Å². The van der Waals surface area contributed by atoms with Crippen molar-refractivity contribution in [3.05, 3.63) is 66.1 Å². The standard InChI is InChI=1S/C26H24N8O2/c1-36-21-16-29-15-20-24(21)26(34-10-8-28-9-11-34)33-25(31-20)19-6-7-30-22(13-19)32-23(35)12-17-2-4-18(14-27)5-3-17/h2-7,13,15-16,28H,8-12H2,1H3,(H,30,32,35). The number of carbonyl (C=O) groups is 1. The molecular weight excluding hydrogens is 456 g/mol. The highest BCUT2D eigenvalue weighted by Crippen LogP contribution is 2.34. The fraction of sp³-hybridized carbons (Fsp3) is 0.231. The number of pyridine rings is 2. The molecular formula is C26H24N8O2. The molecule has 0 radical (unpaired) electrons. The number of anilines is 2. The molecule has 0 aliphatic carbocycles. The number of amides is 1. The monoisotopic (exact) mass is 480 g/mol. The van der Waals surface area contributed by atoms with Gasteiger partial charge in [-0.05, 0) is 29.8 Å². The summed E-state index contributed by atoms with van der Waals surface area (Å²) in [7, 11) is 1.61. The van der Waals surface area contributed by atoms with Crippen LogP contribution in [-0.2, 0) is 11.2 Å². The van der Waals surface area contributed by atoms with Crippen molar-refractivity contribution in [3.8, 4) is 23.2 Å². The molecule has 4 aromatic rings. The number of hydrogen-bond acceptors (Lipinski definition) is 9. The second-order valence-electron chi connectivity index (χ2n) is 8.31. The quantitative estimate of drug-likeness (QED) is 0.428. The van der Waals surface area contributed by atoms with Gasteiger partial charge in [-0.2, -0.15) is 5.26 Å². The summed E-state index contributed by atoms with van der Waals surface area (Å²) in [6.45, 7) is 3.34. The van der Waals surface area contributed by atoms with Crippen molar-refractivity contribution in [2.24, 2.45) is 0 Å². The second-order valence-corrected chi connectivity index (χ2v) is 8.31. The number of aromatic nitrogens is 4. The van der Waals surface area contributed by atoms with Crippen LogP contribution in [-0.4, -0.2) is 59.1 Å². The maximum atomic E-state index is 12.6. The molecule has 1 aliphatic rings. The van der Waals surface area contributed by atoms with Crippen molar-refractivity contribution >= 4 is 28.4 Å². The van der Waals surface area contributed by atoms with E-state index < -0.39 is 0 Å². The Morgan fingerprint density at radius 3 is 2.72 bits per heavy atom. The van der Waals surface area contributed by atoms with Crippen LogP contribution in [0, 0.1) is 11.3 Å². The molecule has 4 heterocycles. The van der Waals surface area contributed by atoms with Gasteiger partial charge in [0.15, 0.2) is 5.82 Å². The topological polar surface area (TPSA) is 129 Å². The smallest absolute Gasteiger partial charge is 0.229 e. The van der Waals surface area contributed by atoms with Gasteiger partial charge in [0.2, 0.25) is 5.91 Å². The van der Waals surface area contributed by atoms with Crippen LogP contribution >= 0.6 is 0 Å². The number of piperazine rings is 1. The zero-order valence-corrected chi connectivity index (χ0v) is 19.7. The lowest BCUT2D eigenvalue weighted by Gasteiger charge is -2.29. The minimum Gasteiger partial charge on any atom is -0.494 e. The van der Waals surface area contributed by atoms with Crippen molar-refractivity contribution in [3.63, 3.8) is 0 Å². The second kappa shape index (κ2) is 10.3. The number of hydrogen-bond donors (Lipinski definition) is 2. The summed E-state index contributed by atoms with van der Waals surface area (Å²) in [4.78, 5) is 33.1. The Kier molecular flexibility index (Phi) is 6.64. The highest BCUT2D eigenvalue weighted by Gasteiger charge is 2.21. The number of fused-ring (bicyclic) bond motifs is 1. The van der Waals surface area contributed by atoms with Crippen molar-refractivity contribution in [2.75, 3.05) is 43.5 Å². The molecule has 180 valence electrons. The van der Waals surface area contributed by atoms with E-state index in [1.807, 2.05) is 6.07 Å². The van der Waals surface area contributed by atoms with E-state index >= 15 is 0 Å². The summed E-state index contributed by atoms with van der Waals surface area (Å²) < 4.78 is 5.57. The summed E-state index contributed by atoms with van der Waals surface area (Å²) in [5, 5.41) is 16.0. The van der Waals surface area contributed by atoms with Gasteiger partial charge in [0, 0.05) is 37.9 Å². The molecule has 10 heteroatoms. The number of carbonyl (C=O) groups excluding carboxylic acids is 1. The first kappa shape index (κ1) is 23.1. The Bertz CT molecular complexity index is 1440. The number of ether oxygens (including phenoxy) is 1. The lowest BCUT2D eigenvalue weighted by Crippen LogP contribution is -2.44. The number of nitrogens with zero attached hydrogens (tertiary/aromatic N) is 6. The van der Waals surface area contributed by atoms with Gasteiger partial charge in [0.05, 0.1) is 48.5 Å². The number of methoxy groups -OCH3 is 1. The molecule has 36 heavy (non-hydrogen) atoms. The average Bonchev–Trinajstić information content (AvgIpc) is 2.93. The Hall–Kier alpha value is -4.62. The largest absolute Gasteiger partial charge is 0.494 e. The van der Waals surface area contributed by atoms with Crippen molar-refractivity contribution in [1.82, 2.24) is 25.3 Å². The van der Waals surface area contributed by atoms with E-state index in [1.54, 1.807) is 56.0 Å². The average molecular weight is 481 g/mol. The molecule has 1 fully saturated rings. The van der Waals surface area contributed by atoms with Crippen molar-refractivity contribution in [1.29, 1.82) is 5.26 Å². The van der Waals surface area contributed by atoms with Crippen molar-refractivity contribution < 1.29 is 9.53 Å². The minimum atomic E-state index is -0.209. The first-order valence-electron chi connectivity index (χ1n) is 11.6. The van der Waals surface area contributed by atoms with Crippen LogP contribution in [0.25, 0.3) is 22.3 Å². The third kappa shape index (κ3) is 4.92. The molecule has 5 rings (SSSR count). The van der Waals surface area contributed by atoms with Gasteiger partial charge >= 0.3 is 0 Å². The van der Waals surface area contributed by atoms with Gasteiger partial charge in [0.25, 0.3) is 0 Å². The van der Waals surface area contributed by atoms with E-state index in [1.165, 1.54) is 0 Å². The molecule has 0 spiro atoms. The molecule has 0 saturated carbocycles. The van der Waals surface area contributed by atoms with E-state index in [0.29, 0.717) is 28.5 Å². The normalized spacial score (nSPS) is 13.3. The van der Waals surface area contributed by atoms with Gasteiger partial charge in [-0.3, -0.25) is 9.78 Å². The number of nitriles is 1. The molecule has 0 bridgehead atoms. The number of nitrogens with one attached hydrogen (secondary N) is 2. The lowest BCUT2D eigenvalue weighted by molar-refractivity contribution is -0.115. The Labute approximate surface area is 208 Å². The molecule has 1 aliphatic heterocycles. The third-order valence-electron chi connectivity index (χ3n) is 5.92. The van der Waals surface area contributed by atoms with Gasteiger partial charge in [0.1, 0.15) is 17.4 Å². The van der Waals surface area contributed by atoms with Crippen LogP contribution in [0.4, 0.5) is 11.6 Å². The summed E-state index contributed by atoms with van der Waals surface area (Å²) in [5.74, 6) is 2.12. The highest BCUT2D eigenvalue weighted by atomic mass is 16.5. The van der Waals surface area contributed by atoms with E-state index in [9.17, 15) is 4.79 Å². The van der Waals surface area contributed by atoms with Crippen LogP contribution < -0.4 is 20.3 Å². The van der Waals surface area contributed by atoms with Crippen LogP contribution in [0.1, 0.15) is 11.1 Å².